The second kappa shape index (κ2) is 9.37. The molecule has 3 amide bonds. The van der Waals surface area contributed by atoms with Crippen molar-refractivity contribution in [2.24, 2.45) is 11.7 Å². The minimum Gasteiger partial charge on any atom is -0.368 e. The normalized spacial score (nSPS) is 13.8. The quantitative estimate of drug-likeness (QED) is 0.628. The first-order valence-electron chi connectivity index (χ1n) is 7.73. The summed E-state index contributed by atoms with van der Waals surface area (Å²) in [6.45, 7) is 2.84. The van der Waals surface area contributed by atoms with Crippen LogP contribution in [-0.4, -0.2) is 29.8 Å². The summed E-state index contributed by atoms with van der Waals surface area (Å²) in [5.41, 5.74) is 5.77. The number of carbonyl (C=O) groups excluding carboxylic acids is 3. The van der Waals surface area contributed by atoms with Gasteiger partial charge >= 0.3 is 0 Å². The molecule has 0 bridgehead atoms. The van der Waals surface area contributed by atoms with Gasteiger partial charge in [0.1, 0.15) is 17.9 Å². The van der Waals surface area contributed by atoms with Crippen LogP contribution in [-0.2, 0) is 20.8 Å². The number of amides is 3. The fourth-order valence-electron chi connectivity index (χ4n) is 2.28. The Morgan fingerprint density at radius 2 is 1.96 bits per heavy atom. The molecule has 25 heavy (non-hydrogen) atoms. The summed E-state index contributed by atoms with van der Waals surface area (Å²) in [7, 11) is 0. The Bertz CT molecular complexity index is 687. The lowest BCUT2D eigenvalue weighted by atomic mass is 10.0. The van der Waals surface area contributed by atoms with E-state index in [0.29, 0.717) is 5.56 Å². The van der Waals surface area contributed by atoms with E-state index >= 15 is 0 Å². The highest BCUT2D eigenvalue weighted by Crippen LogP contribution is 2.09. The van der Waals surface area contributed by atoms with Gasteiger partial charge in [0.05, 0.1) is 6.07 Å². The van der Waals surface area contributed by atoms with Crippen molar-refractivity contribution < 1.29 is 18.8 Å². The molecule has 0 heterocycles. The molecule has 7 nitrogen and oxygen atoms in total. The molecular weight excluding hydrogens is 327 g/mol. The Balaban J connectivity index is 2.89. The van der Waals surface area contributed by atoms with E-state index in [-0.39, 0.29) is 12.8 Å². The number of hydrogen-bond acceptors (Lipinski definition) is 4. The van der Waals surface area contributed by atoms with Crippen LogP contribution < -0.4 is 16.4 Å². The third kappa shape index (κ3) is 6.99. The van der Waals surface area contributed by atoms with Crippen LogP contribution in [0.4, 0.5) is 4.39 Å². The van der Waals surface area contributed by atoms with Crippen LogP contribution >= 0.6 is 0 Å². The predicted octanol–water partition coefficient (Wildman–Crippen LogP) is 0.393. The van der Waals surface area contributed by atoms with Crippen LogP contribution in [0.25, 0.3) is 0 Å². The number of nitriles is 1. The van der Waals surface area contributed by atoms with Gasteiger partial charge in [-0.2, -0.15) is 5.26 Å². The smallest absolute Gasteiger partial charge is 0.243 e. The molecule has 0 saturated heterocycles. The summed E-state index contributed by atoms with van der Waals surface area (Å²) in [6.07, 6.45) is 0.104. The number of carbonyl (C=O) groups is 3. The molecule has 0 fully saturated rings. The van der Waals surface area contributed by atoms with Gasteiger partial charge < -0.3 is 16.4 Å². The van der Waals surface area contributed by atoms with Crippen LogP contribution in [0.5, 0.6) is 0 Å². The van der Waals surface area contributed by atoms with Gasteiger partial charge in [0.25, 0.3) is 0 Å². The van der Waals surface area contributed by atoms with Gasteiger partial charge in [-0.25, -0.2) is 4.39 Å². The van der Waals surface area contributed by atoms with Crippen molar-refractivity contribution in [2.45, 2.75) is 38.8 Å². The van der Waals surface area contributed by atoms with Crippen LogP contribution in [0.2, 0.25) is 0 Å². The van der Waals surface area contributed by atoms with Crippen LogP contribution in [0.1, 0.15) is 25.8 Å². The first-order chi connectivity index (χ1) is 11.7. The Morgan fingerprint density at radius 3 is 2.48 bits per heavy atom. The number of nitrogens with two attached hydrogens (primary N) is 1. The molecule has 1 aromatic carbocycles. The minimum atomic E-state index is -1.04. The van der Waals surface area contributed by atoms with Gasteiger partial charge in [-0.05, 0) is 31.0 Å². The van der Waals surface area contributed by atoms with Gasteiger partial charge in [-0.15, -0.1) is 0 Å². The number of benzene rings is 1. The van der Waals surface area contributed by atoms with Crippen LogP contribution in [0.3, 0.4) is 0 Å². The average Bonchev–Trinajstić information content (AvgIpc) is 2.52. The molecule has 0 saturated carbocycles. The first kappa shape index (κ1) is 20.1. The molecule has 0 aromatic heterocycles. The molecule has 0 aliphatic rings. The zero-order valence-electron chi connectivity index (χ0n) is 14.1. The largest absolute Gasteiger partial charge is 0.368 e. The molecule has 1 aromatic rings. The molecule has 4 N–H and O–H groups in total. The van der Waals surface area contributed by atoms with Crippen molar-refractivity contribution in [3.8, 4) is 6.07 Å². The number of rotatable bonds is 8. The number of halogens is 1. The Labute approximate surface area is 145 Å². The summed E-state index contributed by atoms with van der Waals surface area (Å²) < 4.78 is 13.3. The number of nitrogens with zero attached hydrogens (tertiary/aromatic N) is 1. The third-order valence-electron chi connectivity index (χ3n) is 3.49. The maximum atomic E-state index is 13.3. The highest BCUT2D eigenvalue weighted by atomic mass is 19.1. The van der Waals surface area contributed by atoms with Crippen molar-refractivity contribution in [3.63, 3.8) is 0 Å². The van der Waals surface area contributed by atoms with Crippen molar-refractivity contribution in [2.75, 3.05) is 0 Å². The van der Waals surface area contributed by atoms with E-state index in [9.17, 15) is 18.8 Å². The van der Waals surface area contributed by atoms with E-state index in [2.05, 4.69) is 10.6 Å². The van der Waals surface area contributed by atoms with E-state index in [1.54, 1.807) is 13.0 Å². The summed E-state index contributed by atoms with van der Waals surface area (Å²) in [4.78, 5) is 35.3. The van der Waals surface area contributed by atoms with E-state index < -0.39 is 41.5 Å². The molecule has 1 rings (SSSR count). The first-order valence-corrected chi connectivity index (χ1v) is 7.73. The second-order valence-electron chi connectivity index (χ2n) is 5.82. The Morgan fingerprint density at radius 1 is 1.28 bits per heavy atom. The van der Waals surface area contributed by atoms with E-state index in [0.717, 1.165) is 0 Å². The second-order valence-corrected chi connectivity index (χ2v) is 5.82. The van der Waals surface area contributed by atoms with Crippen LogP contribution in [0.15, 0.2) is 24.3 Å². The molecule has 8 heteroatoms. The number of nitrogens with one attached hydrogen (secondary N) is 2. The van der Waals surface area contributed by atoms with E-state index in [1.807, 2.05) is 6.07 Å². The molecule has 3 atom stereocenters. The highest BCUT2D eigenvalue weighted by molar-refractivity contribution is 5.91. The molecule has 0 unspecified atom stereocenters. The standard InChI is InChI=1S/C17H21FN4O3/c1-10(9-19)6-14(16(20)24)22-17(25)15(21-11(2)23)8-12-4-3-5-13(18)7-12/h3-5,7,10,14-15H,6,8H2,1-2H3,(H2,20,24)(H,21,23)(H,22,25)/t10-,14+,15+/m1/s1. The van der Waals surface area contributed by atoms with Gasteiger partial charge in [0.2, 0.25) is 17.7 Å². The summed E-state index contributed by atoms with van der Waals surface area (Å²) in [6, 6.07) is 5.56. The van der Waals surface area contributed by atoms with Crippen LogP contribution in [0, 0.1) is 23.1 Å². The van der Waals surface area contributed by atoms with Gasteiger partial charge in [-0.1, -0.05) is 12.1 Å². The molecule has 0 aliphatic carbocycles. The molecule has 0 spiro atoms. The summed E-state index contributed by atoms with van der Waals surface area (Å²) in [5, 5.41) is 13.8. The fraction of sp³-hybridized carbons (Fsp3) is 0.412. The SMILES string of the molecule is CC(=O)N[C@@H](Cc1cccc(F)c1)C(=O)N[C@@H](C[C@@H](C)C#N)C(N)=O. The average molecular weight is 348 g/mol. The molecule has 0 radical (unpaired) electrons. The fourth-order valence-corrected chi connectivity index (χ4v) is 2.28. The van der Waals surface area contributed by atoms with E-state index in [1.165, 1.54) is 25.1 Å². The summed E-state index contributed by atoms with van der Waals surface area (Å²) in [5.74, 6) is -2.80. The zero-order valence-corrected chi connectivity index (χ0v) is 14.1. The monoisotopic (exact) mass is 348 g/mol. The lowest BCUT2D eigenvalue weighted by Gasteiger charge is -2.22. The molecule has 0 aliphatic heterocycles. The zero-order chi connectivity index (χ0) is 19.0. The maximum Gasteiger partial charge on any atom is 0.243 e. The lowest BCUT2D eigenvalue weighted by molar-refractivity contribution is -0.131. The molecular formula is C17H21FN4O3. The van der Waals surface area contributed by atoms with Gasteiger partial charge in [0.15, 0.2) is 0 Å². The van der Waals surface area contributed by atoms with Crippen molar-refractivity contribution in [1.82, 2.24) is 10.6 Å². The Kier molecular flexibility index (Phi) is 7.53. The van der Waals surface area contributed by atoms with Crippen molar-refractivity contribution >= 4 is 17.7 Å². The van der Waals surface area contributed by atoms with E-state index in [4.69, 9.17) is 11.0 Å². The minimum absolute atomic E-state index is 0.0441. The number of primary amides is 1. The van der Waals surface area contributed by atoms with Gasteiger partial charge in [-0.3, -0.25) is 14.4 Å². The van der Waals surface area contributed by atoms with Crippen molar-refractivity contribution in [3.05, 3.63) is 35.6 Å². The maximum absolute atomic E-state index is 13.3. The third-order valence-corrected chi connectivity index (χ3v) is 3.49. The number of hydrogen-bond donors (Lipinski definition) is 3. The molecule has 134 valence electrons. The lowest BCUT2D eigenvalue weighted by Crippen LogP contribution is -2.53. The van der Waals surface area contributed by atoms with Gasteiger partial charge in [0, 0.05) is 19.3 Å². The summed E-state index contributed by atoms with van der Waals surface area (Å²) >= 11 is 0. The topological polar surface area (TPSA) is 125 Å². The van der Waals surface area contributed by atoms with Crippen molar-refractivity contribution in [1.29, 1.82) is 5.26 Å². The highest BCUT2D eigenvalue weighted by Gasteiger charge is 2.26. The predicted molar refractivity (Wildman–Crippen MR) is 88.2 cm³/mol. The Hall–Kier alpha value is -2.95.